The van der Waals surface area contributed by atoms with Crippen LogP contribution in [0.25, 0.3) is 0 Å². The number of rotatable bonds is 5. The number of amides is 1. The summed E-state index contributed by atoms with van der Waals surface area (Å²) in [5, 5.41) is 2.77. The number of nitrogens with one attached hydrogen (secondary N) is 1. The van der Waals surface area contributed by atoms with Gasteiger partial charge in [-0.05, 0) is 43.2 Å². The summed E-state index contributed by atoms with van der Waals surface area (Å²) in [5.41, 5.74) is 4.50. The summed E-state index contributed by atoms with van der Waals surface area (Å²) in [6.07, 6.45) is 0. The van der Waals surface area contributed by atoms with E-state index in [-0.39, 0.29) is 12.5 Å². The topological polar surface area (TPSA) is 55.4 Å². The maximum Gasteiger partial charge on any atom is 0.338 e. The molecule has 3 rings (SSSR count). The van der Waals surface area contributed by atoms with Crippen molar-refractivity contribution in [1.82, 2.24) is 0 Å². The Morgan fingerprint density at radius 2 is 1.77 bits per heavy atom. The summed E-state index contributed by atoms with van der Waals surface area (Å²) in [5.74, 6) is 1.49. The summed E-state index contributed by atoms with van der Waals surface area (Å²) in [7, 11) is 0. The van der Waals surface area contributed by atoms with Crippen LogP contribution >= 0.6 is 23.5 Å². The third-order valence-corrected chi connectivity index (χ3v) is 7.14. The van der Waals surface area contributed by atoms with Gasteiger partial charge in [-0.1, -0.05) is 29.8 Å². The van der Waals surface area contributed by atoms with Gasteiger partial charge in [0.05, 0.1) is 10.1 Å². The highest BCUT2D eigenvalue weighted by atomic mass is 32.2. The van der Waals surface area contributed by atoms with Gasteiger partial charge in [-0.2, -0.15) is 0 Å². The second-order valence-corrected chi connectivity index (χ2v) is 8.86. The van der Waals surface area contributed by atoms with Gasteiger partial charge in [0, 0.05) is 17.2 Å². The largest absolute Gasteiger partial charge is 0.452 e. The zero-order valence-corrected chi connectivity index (χ0v) is 16.4. The van der Waals surface area contributed by atoms with Gasteiger partial charge < -0.3 is 10.1 Å². The second kappa shape index (κ2) is 8.64. The first-order chi connectivity index (χ1) is 12.5. The van der Waals surface area contributed by atoms with Crippen molar-refractivity contribution in [3.63, 3.8) is 0 Å². The van der Waals surface area contributed by atoms with Gasteiger partial charge in [-0.25, -0.2) is 4.79 Å². The van der Waals surface area contributed by atoms with Crippen molar-refractivity contribution in [2.45, 2.75) is 18.4 Å². The number of anilines is 1. The molecule has 1 heterocycles. The van der Waals surface area contributed by atoms with Crippen LogP contribution in [0.1, 0.15) is 31.6 Å². The molecule has 26 heavy (non-hydrogen) atoms. The highest BCUT2D eigenvalue weighted by Crippen LogP contribution is 2.45. The molecule has 1 amide bonds. The fourth-order valence-corrected chi connectivity index (χ4v) is 5.54. The van der Waals surface area contributed by atoms with Crippen LogP contribution < -0.4 is 5.32 Å². The van der Waals surface area contributed by atoms with E-state index >= 15 is 0 Å². The predicted molar refractivity (Wildman–Crippen MR) is 109 cm³/mol. The SMILES string of the molecule is Cc1ccc(NC(=O)COC(=O)c2ccc(C3SCCS3)cc2)c(C)c1. The van der Waals surface area contributed by atoms with E-state index in [2.05, 4.69) is 5.32 Å². The van der Waals surface area contributed by atoms with Crippen LogP contribution in [0.5, 0.6) is 0 Å². The molecule has 0 radical (unpaired) electrons. The van der Waals surface area contributed by atoms with E-state index < -0.39 is 5.97 Å². The van der Waals surface area contributed by atoms with E-state index in [1.807, 2.05) is 67.7 Å². The van der Waals surface area contributed by atoms with Crippen molar-refractivity contribution in [2.75, 3.05) is 23.4 Å². The van der Waals surface area contributed by atoms with E-state index in [0.29, 0.717) is 10.1 Å². The highest BCUT2D eigenvalue weighted by Gasteiger charge is 2.19. The Morgan fingerprint density at radius 3 is 2.42 bits per heavy atom. The number of carbonyl (C=O) groups excluding carboxylic acids is 2. The van der Waals surface area contributed by atoms with Crippen molar-refractivity contribution in [1.29, 1.82) is 0 Å². The Balaban J connectivity index is 1.52. The van der Waals surface area contributed by atoms with Crippen molar-refractivity contribution < 1.29 is 14.3 Å². The molecule has 2 aromatic carbocycles. The summed E-state index contributed by atoms with van der Waals surface area (Å²) in [4.78, 5) is 24.2. The molecule has 1 saturated heterocycles. The van der Waals surface area contributed by atoms with E-state index in [1.165, 1.54) is 5.56 Å². The van der Waals surface area contributed by atoms with Crippen LogP contribution in [-0.4, -0.2) is 30.0 Å². The molecule has 0 bridgehead atoms. The van der Waals surface area contributed by atoms with Crippen molar-refractivity contribution in [3.05, 3.63) is 64.7 Å². The standard InChI is InChI=1S/C20H21NO3S2/c1-13-3-8-17(14(2)11-13)21-18(22)12-24-19(23)15-4-6-16(7-5-15)20-25-9-10-26-20/h3-8,11,20H,9-10,12H2,1-2H3,(H,21,22). The summed E-state index contributed by atoms with van der Waals surface area (Å²) < 4.78 is 5.58. The molecule has 0 atom stereocenters. The van der Waals surface area contributed by atoms with Crippen LogP contribution in [0.15, 0.2) is 42.5 Å². The van der Waals surface area contributed by atoms with Gasteiger partial charge in [0.2, 0.25) is 0 Å². The van der Waals surface area contributed by atoms with Gasteiger partial charge >= 0.3 is 5.97 Å². The molecule has 0 aromatic heterocycles. The lowest BCUT2D eigenvalue weighted by Gasteiger charge is -2.11. The van der Waals surface area contributed by atoms with Gasteiger partial charge in [-0.15, -0.1) is 23.5 Å². The van der Waals surface area contributed by atoms with Crippen molar-refractivity contribution in [3.8, 4) is 0 Å². The molecule has 0 aliphatic carbocycles. The van der Waals surface area contributed by atoms with E-state index in [1.54, 1.807) is 12.1 Å². The monoisotopic (exact) mass is 387 g/mol. The minimum atomic E-state index is -0.487. The Bertz CT molecular complexity index is 799. The van der Waals surface area contributed by atoms with Gasteiger partial charge in [0.25, 0.3) is 5.91 Å². The van der Waals surface area contributed by atoms with E-state index in [4.69, 9.17) is 4.74 Å². The molecule has 1 aliphatic heterocycles. The number of hydrogen-bond acceptors (Lipinski definition) is 5. The number of thioether (sulfide) groups is 2. The third kappa shape index (κ3) is 4.83. The lowest BCUT2D eigenvalue weighted by molar-refractivity contribution is -0.119. The first-order valence-electron chi connectivity index (χ1n) is 8.40. The molecule has 136 valence electrons. The van der Waals surface area contributed by atoms with Crippen molar-refractivity contribution in [2.24, 2.45) is 0 Å². The second-order valence-electron chi connectivity index (χ2n) is 6.14. The predicted octanol–water partition coefficient (Wildman–Crippen LogP) is 4.58. The normalized spacial score (nSPS) is 14.2. The first-order valence-corrected chi connectivity index (χ1v) is 10.5. The van der Waals surface area contributed by atoms with Gasteiger partial charge in [-0.3, -0.25) is 4.79 Å². The van der Waals surface area contributed by atoms with Crippen LogP contribution in [0.4, 0.5) is 5.69 Å². The molecular formula is C20H21NO3S2. The Hall–Kier alpha value is -1.92. The molecular weight excluding hydrogens is 366 g/mol. The first kappa shape index (κ1) is 18.9. The average molecular weight is 388 g/mol. The number of hydrogen-bond donors (Lipinski definition) is 1. The number of esters is 1. The number of benzene rings is 2. The van der Waals surface area contributed by atoms with Gasteiger partial charge in [0.15, 0.2) is 6.61 Å². The van der Waals surface area contributed by atoms with Crippen LogP contribution in [-0.2, 0) is 9.53 Å². The molecule has 1 N–H and O–H groups in total. The van der Waals surface area contributed by atoms with Crippen molar-refractivity contribution >= 4 is 41.1 Å². The quantitative estimate of drug-likeness (QED) is 0.761. The van der Waals surface area contributed by atoms with E-state index in [0.717, 1.165) is 28.3 Å². The number of ether oxygens (including phenoxy) is 1. The molecule has 6 heteroatoms. The summed E-state index contributed by atoms with van der Waals surface area (Å²) in [6.45, 7) is 3.62. The van der Waals surface area contributed by atoms with Crippen LogP contribution in [0.2, 0.25) is 0 Å². The minimum absolute atomic E-state index is 0.303. The fraction of sp³-hybridized carbons (Fsp3) is 0.300. The molecule has 2 aromatic rings. The molecule has 4 nitrogen and oxygen atoms in total. The Kier molecular flexibility index (Phi) is 6.27. The average Bonchev–Trinajstić information content (AvgIpc) is 3.17. The molecule has 1 fully saturated rings. The maximum absolute atomic E-state index is 12.1. The number of carbonyl (C=O) groups is 2. The molecule has 0 unspecified atom stereocenters. The molecule has 1 aliphatic rings. The molecule has 0 saturated carbocycles. The molecule has 0 spiro atoms. The highest BCUT2D eigenvalue weighted by molar-refractivity contribution is 8.19. The fourth-order valence-electron chi connectivity index (χ4n) is 2.68. The minimum Gasteiger partial charge on any atom is -0.452 e. The third-order valence-electron chi connectivity index (χ3n) is 4.03. The zero-order valence-electron chi connectivity index (χ0n) is 14.8. The lowest BCUT2D eigenvalue weighted by atomic mass is 10.1. The lowest BCUT2D eigenvalue weighted by Crippen LogP contribution is -2.21. The summed E-state index contributed by atoms with van der Waals surface area (Å²) >= 11 is 3.84. The number of aryl methyl sites for hydroxylation is 2. The smallest absolute Gasteiger partial charge is 0.338 e. The zero-order chi connectivity index (χ0) is 18.5. The van der Waals surface area contributed by atoms with E-state index in [9.17, 15) is 9.59 Å². The summed E-state index contributed by atoms with van der Waals surface area (Å²) in [6, 6.07) is 13.2. The Labute approximate surface area is 162 Å². The van der Waals surface area contributed by atoms with Crippen LogP contribution in [0.3, 0.4) is 0 Å². The van der Waals surface area contributed by atoms with Crippen LogP contribution in [0, 0.1) is 13.8 Å². The van der Waals surface area contributed by atoms with Gasteiger partial charge in [0.1, 0.15) is 0 Å². The Morgan fingerprint density at radius 1 is 1.08 bits per heavy atom. The maximum atomic E-state index is 12.1.